The standard InChI is InChI=1S/C16H14N2O7/c1-25-16(22)12-7-6-11(13(19)14(12)20)15(21)17-8-9-2-4-10(5-3-9)18(23)24/h2-7,19-20H,8H2,1H3,(H,17,21). The lowest BCUT2D eigenvalue weighted by molar-refractivity contribution is -0.384. The molecule has 0 aliphatic heterocycles. The lowest BCUT2D eigenvalue weighted by atomic mass is 10.1. The molecule has 2 rings (SSSR count). The summed E-state index contributed by atoms with van der Waals surface area (Å²) in [6.07, 6.45) is 0. The van der Waals surface area contributed by atoms with Crippen molar-refractivity contribution in [2.24, 2.45) is 0 Å². The molecule has 0 unspecified atom stereocenters. The molecule has 0 fully saturated rings. The fourth-order valence-corrected chi connectivity index (χ4v) is 2.05. The number of nitrogens with one attached hydrogen (secondary N) is 1. The second kappa shape index (κ2) is 7.30. The fourth-order valence-electron chi connectivity index (χ4n) is 2.05. The van der Waals surface area contributed by atoms with Crippen LogP contribution in [0.1, 0.15) is 26.3 Å². The molecule has 0 bridgehead atoms. The number of nitro groups is 1. The second-order valence-electron chi connectivity index (χ2n) is 4.96. The van der Waals surface area contributed by atoms with Gasteiger partial charge in [-0.3, -0.25) is 14.9 Å². The molecule has 0 aliphatic rings. The smallest absolute Gasteiger partial charge is 0.341 e. The molecule has 25 heavy (non-hydrogen) atoms. The molecule has 0 radical (unpaired) electrons. The molecule has 2 aromatic carbocycles. The van der Waals surface area contributed by atoms with Crippen molar-refractivity contribution in [2.45, 2.75) is 6.54 Å². The molecule has 9 heteroatoms. The number of rotatable bonds is 5. The first-order valence-corrected chi connectivity index (χ1v) is 7.00. The number of hydrogen-bond acceptors (Lipinski definition) is 7. The Labute approximate surface area is 141 Å². The number of methoxy groups -OCH3 is 1. The highest BCUT2D eigenvalue weighted by Crippen LogP contribution is 2.33. The lowest BCUT2D eigenvalue weighted by Crippen LogP contribution is -2.23. The van der Waals surface area contributed by atoms with E-state index in [4.69, 9.17) is 0 Å². The number of amides is 1. The highest BCUT2D eigenvalue weighted by atomic mass is 16.6. The van der Waals surface area contributed by atoms with Gasteiger partial charge in [-0.25, -0.2) is 4.79 Å². The first kappa shape index (κ1) is 17.7. The van der Waals surface area contributed by atoms with Gasteiger partial charge in [-0.2, -0.15) is 0 Å². The van der Waals surface area contributed by atoms with Crippen LogP contribution in [0.15, 0.2) is 36.4 Å². The Morgan fingerprint density at radius 3 is 2.20 bits per heavy atom. The minimum Gasteiger partial charge on any atom is -0.504 e. The van der Waals surface area contributed by atoms with E-state index in [1.165, 1.54) is 30.3 Å². The number of phenolic OH excluding ortho intramolecular Hbond substituents is 2. The van der Waals surface area contributed by atoms with Crippen LogP contribution in [0.3, 0.4) is 0 Å². The molecular formula is C16H14N2O7. The number of esters is 1. The highest BCUT2D eigenvalue weighted by Gasteiger charge is 2.21. The van der Waals surface area contributed by atoms with Gasteiger partial charge in [-0.15, -0.1) is 0 Å². The maximum atomic E-state index is 12.1. The number of hydrogen-bond donors (Lipinski definition) is 3. The van der Waals surface area contributed by atoms with Gasteiger partial charge >= 0.3 is 5.97 Å². The third-order valence-corrected chi connectivity index (χ3v) is 3.40. The predicted molar refractivity (Wildman–Crippen MR) is 85.4 cm³/mol. The summed E-state index contributed by atoms with van der Waals surface area (Å²) in [5.74, 6) is -3.05. The Morgan fingerprint density at radius 1 is 1.08 bits per heavy atom. The zero-order valence-electron chi connectivity index (χ0n) is 13.1. The molecule has 0 aliphatic carbocycles. The molecule has 3 N–H and O–H groups in total. The normalized spacial score (nSPS) is 10.1. The molecule has 130 valence electrons. The molecular weight excluding hydrogens is 332 g/mol. The number of phenols is 2. The molecule has 2 aromatic rings. The van der Waals surface area contributed by atoms with Crippen LogP contribution in [0, 0.1) is 10.1 Å². The monoisotopic (exact) mass is 346 g/mol. The number of benzene rings is 2. The Hall–Kier alpha value is -3.62. The number of ether oxygens (including phenoxy) is 1. The number of carbonyl (C=O) groups is 2. The molecule has 1 amide bonds. The van der Waals surface area contributed by atoms with E-state index in [0.29, 0.717) is 5.56 Å². The maximum Gasteiger partial charge on any atom is 0.341 e. The molecule has 0 spiro atoms. The molecule has 0 heterocycles. The van der Waals surface area contributed by atoms with E-state index in [1.807, 2.05) is 0 Å². The summed E-state index contributed by atoms with van der Waals surface area (Å²) in [6, 6.07) is 7.90. The molecule has 0 saturated heterocycles. The van der Waals surface area contributed by atoms with Crippen molar-refractivity contribution >= 4 is 17.6 Å². The average molecular weight is 346 g/mol. The molecule has 0 aromatic heterocycles. The Kier molecular flexibility index (Phi) is 5.18. The zero-order chi connectivity index (χ0) is 18.6. The summed E-state index contributed by atoms with van der Waals surface area (Å²) in [5.41, 5.74) is 0.0314. The van der Waals surface area contributed by atoms with Gasteiger partial charge in [0, 0.05) is 18.7 Å². The quantitative estimate of drug-likeness (QED) is 0.324. The van der Waals surface area contributed by atoms with Gasteiger partial charge < -0.3 is 20.3 Å². The van der Waals surface area contributed by atoms with Crippen molar-refractivity contribution in [3.63, 3.8) is 0 Å². The minimum atomic E-state index is -0.856. The number of non-ortho nitro benzene ring substituents is 1. The topological polar surface area (TPSA) is 139 Å². The number of nitro benzene ring substituents is 1. The van der Waals surface area contributed by atoms with E-state index in [-0.39, 0.29) is 23.4 Å². The summed E-state index contributed by atoms with van der Waals surface area (Å²) in [7, 11) is 1.11. The van der Waals surface area contributed by atoms with E-state index in [9.17, 15) is 29.9 Å². The van der Waals surface area contributed by atoms with Crippen molar-refractivity contribution in [1.29, 1.82) is 0 Å². The van der Waals surface area contributed by atoms with Crippen molar-refractivity contribution in [1.82, 2.24) is 5.32 Å². The van der Waals surface area contributed by atoms with Crippen molar-refractivity contribution in [3.8, 4) is 11.5 Å². The van der Waals surface area contributed by atoms with Gasteiger partial charge in [0.05, 0.1) is 17.6 Å². The summed E-state index contributed by atoms with van der Waals surface area (Å²) in [4.78, 5) is 33.6. The Bertz CT molecular complexity index is 831. The minimum absolute atomic E-state index is 0.0514. The van der Waals surface area contributed by atoms with Crippen LogP contribution in [0.5, 0.6) is 11.5 Å². The first-order chi connectivity index (χ1) is 11.8. The maximum absolute atomic E-state index is 12.1. The van der Waals surface area contributed by atoms with Gasteiger partial charge in [0.1, 0.15) is 5.56 Å². The fraction of sp³-hybridized carbons (Fsp3) is 0.125. The SMILES string of the molecule is COC(=O)c1ccc(C(=O)NCc2ccc([N+](=O)[O-])cc2)c(O)c1O. The summed E-state index contributed by atoms with van der Waals surface area (Å²) in [6.45, 7) is 0.0514. The largest absolute Gasteiger partial charge is 0.504 e. The second-order valence-corrected chi connectivity index (χ2v) is 4.96. The number of carbonyl (C=O) groups excluding carboxylic acids is 2. The van der Waals surface area contributed by atoms with E-state index < -0.39 is 28.3 Å². The van der Waals surface area contributed by atoms with Crippen LogP contribution in [0.2, 0.25) is 0 Å². The Balaban J connectivity index is 2.12. The van der Waals surface area contributed by atoms with Crippen molar-refractivity contribution in [3.05, 3.63) is 63.2 Å². The van der Waals surface area contributed by atoms with Gasteiger partial charge in [0.2, 0.25) is 0 Å². The highest BCUT2D eigenvalue weighted by molar-refractivity contribution is 6.01. The van der Waals surface area contributed by atoms with E-state index in [0.717, 1.165) is 13.2 Å². The van der Waals surface area contributed by atoms with Gasteiger partial charge in [0.25, 0.3) is 11.6 Å². The van der Waals surface area contributed by atoms with E-state index >= 15 is 0 Å². The summed E-state index contributed by atoms with van der Waals surface area (Å²) in [5, 5.41) is 32.8. The average Bonchev–Trinajstić information content (AvgIpc) is 2.61. The van der Waals surface area contributed by atoms with Crippen LogP contribution in [-0.4, -0.2) is 34.1 Å². The third kappa shape index (κ3) is 3.83. The molecule has 0 saturated carbocycles. The van der Waals surface area contributed by atoms with Crippen LogP contribution in [0.25, 0.3) is 0 Å². The van der Waals surface area contributed by atoms with Crippen LogP contribution >= 0.6 is 0 Å². The van der Waals surface area contributed by atoms with Crippen LogP contribution in [-0.2, 0) is 11.3 Å². The Morgan fingerprint density at radius 2 is 1.64 bits per heavy atom. The summed E-state index contributed by atoms with van der Waals surface area (Å²) >= 11 is 0. The van der Waals surface area contributed by atoms with Gasteiger partial charge in [-0.1, -0.05) is 12.1 Å². The van der Waals surface area contributed by atoms with Crippen LogP contribution in [0.4, 0.5) is 5.69 Å². The van der Waals surface area contributed by atoms with Gasteiger partial charge in [-0.05, 0) is 17.7 Å². The summed E-state index contributed by atoms with van der Waals surface area (Å²) < 4.78 is 4.45. The lowest BCUT2D eigenvalue weighted by Gasteiger charge is -2.10. The zero-order valence-corrected chi connectivity index (χ0v) is 13.1. The molecule has 0 atom stereocenters. The first-order valence-electron chi connectivity index (χ1n) is 7.00. The number of aromatic hydroxyl groups is 2. The predicted octanol–water partition coefficient (Wildman–Crippen LogP) is 1.72. The number of nitrogens with zero attached hydrogens (tertiary/aromatic N) is 1. The van der Waals surface area contributed by atoms with Crippen molar-refractivity contribution < 1.29 is 29.5 Å². The van der Waals surface area contributed by atoms with Gasteiger partial charge in [0.15, 0.2) is 11.5 Å². The third-order valence-electron chi connectivity index (χ3n) is 3.40. The van der Waals surface area contributed by atoms with Crippen LogP contribution < -0.4 is 5.32 Å². The molecule has 9 nitrogen and oxygen atoms in total. The van der Waals surface area contributed by atoms with Crippen molar-refractivity contribution in [2.75, 3.05) is 7.11 Å². The van der Waals surface area contributed by atoms with E-state index in [2.05, 4.69) is 10.1 Å². The van der Waals surface area contributed by atoms with E-state index in [1.54, 1.807) is 0 Å².